The largest absolute Gasteiger partial charge is 0.308 e. The minimum absolute atomic E-state index is 1.12. The molecule has 0 saturated carbocycles. The summed E-state index contributed by atoms with van der Waals surface area (Å²) >= 11 is 3.75. The molecule has 0 fully saturated rings. The maximum absolute atomic E-state index is 2.48. The normalized spacial score (nSPS) is 11.6. The fraction of sp³-hybridized carbons (Fsp3) is 0. The Bertz CT molecular complexity index is 3180. The number of rotatable bonds is 6. The Labute approximate surface area is 327 Å². The lowest BCUT2D eigenvalue weighted by molar-refractivity contribution is 1.30. The summed E-state index contributed by atoms with van der Waals surface area (Å²) in [4.78, 5) is 2.48. The second-order valence-electron chi connectivity index (χ2n) is 14.1. The van der Waals surface area contributed by atoms with Crippen molar-refractivity contribution in [3.63, 3.8) is 0 Å². The number of fused-ring (bicyclic) bond motifs is 7. The number of hydrogen-bond donors (Lipinski definition) is 0. The van der Waals surface area contributed by atoms with Crippen LogP contribution in [0.3, 0.4) is 0 Å². The van der Waals surface area contributed by atoms with Crippen molar-refractivity contribution < 1.29 is 0 Å². The molecule has 0 atom stereocenters. The topological polar surface area (TPSA) is 3.24 Å². The van der Waals surface area contributed by atoms with Gasteiger partial charge < -0.3 is 4.90 Å². The zero-order chi connectivity index (χ0) is 36.3. The van der Waals surface area contributed by atoms with E-state index >= 15 is 0 Å². The average Bonchev–Trinajstić information content (AvgIpc) is 3.83. The van der Waals surface area contributed by atoms with E-state index in [9.17, 15) is 0 Å². The van der Waals surface area contributed by atoms with Gasteiger partial charge in [0.2, 0.25) is 0 Å². The van der Waals surface area contributed by atoms with Crippen LogP contribution in [0, 0.1) is 0 Å². The molecule has 11 aromatic rings. The molecule has 0 spiro atoms. The van der Waals surface area contributed by atoms with E-state index < -0.39 is 0 Å². The second kappa shape index (κ2) is 13.1. The lowest BCUT2D eigenvalue weighted by Crippen LogP contribution is -2.11. The van der Waals surface area contributed by atoms with Gasteiger partial charge in [-0.05, 0) is 81.1 Å². The molecular formula is C52H33NS2. The molecule has 2 aromatic heterocycles. The number of hydrogen-bond acceptors (Lipinski definition) is 3. The fourth-order valence-electron chi connectivity index (χ4n) is 8.23. The summed E-state index contributed by atoms with van der Waals surface area (Å²) in [7, 11) is 0. The third kappa shape index (κ3) is 5.43. The van der Waals surface area contributed by atoms with Crippen LogP contribution in [-0.2, 0) is 0 Å². The molecule has 0 amide bonds. The molecule has 0 aliphatic heterocycles. The minimum atomic E-state index is 1.12. The van der Waals surface area contributed by atoms with E-state index in [2.05, 4.69) is 205 Å². The minimum Gasteiger partial charge on any atom is -0.308 e. The molecular weight excluding hydrogens is 703 g/mol. The Morgan fingerprint density at radius 1 is 0.309 bits per heavy atom. The monoisotopic (exact) mass is 735 g/mol. The van der Waals surface area contributed by atoms with Crippen LogP contribution in [0.15, 0.2) is 200 Å². The number of thiophene rings is 2. The van der Waals surface area contributed by atoms with Crippen molar-refractivity contribution in [2.75, 3.05) is 4.90 Å². The standard InChI is InChI=1S/C52H33NS2/c1-2-11-36(12-3-1)43-31-32-47-45-17-7-9-20-49(45)55-52(47)51(43)53(40-28-23-37(24-29-40)42-18-10-14-35-13-4-5-15-41(35)42)39-26-21-34(22-27-39)38-25-30-46-44-16-6-8-19-48(44)54-50(46)33-38/h1-33H. The molecule has 0 bridgehead atoms. The summed E-state index contributed by atoms with van der Waals surface area (Å²) < 4.78 is 5.22. The first-order valence-electron chi connectivity index (χ1n) is 18.7. The maximum Gasteiger partial charge on any atom is 0.0718 e. The van der Waals surface area contributed by atoms with E-state index in [-0.39, 0.29) is 0 Å². The van der Waals surface area contributed by atoms with Crippen LogP contribution >= 0.6 is 22.7 Å². The predicted octanol–water partition coefficient (Wildman–Crippen LogP) is 16.0. The molecule has 258 valence electrons. The van der Waals surface area contributed by atoms with Crippen LogP contribution in [0.1, 0.15) is 0 Å². The molecule has 55 heavy (non-hydrogen) atoms. The van der Waals surface area contributed by atoms with E-state index in [1.807, 2.05) is 22.7 Å². The maximum atomic E-state index is 2.48. The van der Waals surface area contributed by atoms with Crippen molar-refractivity contribution in [2.45, 2.75) is 0 Å². The highest BCUT2D eigenvalue weighted by atomic mass is 32.1. The highest BCUT2D eigenvalue weighted by Gasteiger charge is 2.23. The van der Waals surface area contributed by atoms with Gasteiger partial charge in [0, 0.05) is 52.6 Å². The Balaban J connectivity index is 1.10. The van der Waals surface area contributed by atoms with Crippen molar-refractivity contribution in [2.24, 2.45) is 0 Å². The Kier molecular flexibility index (Phi) is 7.61. The van der Waals surface area contributed by atoms with Gasteiger partial charge in [0.05, 0.1) is 10.4 Å². The summed E-state index contributed by atoms with van der Waals surface area (Å²) in [6.45, 7) is 0. The highest BCUT2D eigenvalue weighted by molar-refractivity contribution is 7.26. The van der Waals surface area contributed by atoms with Crippen molar-refractivity contribution in [1.82, 2.24) is 0 Å². The number of benzene rings is 9. The van der Waals surface area contributed by atoms with E-state index in [1.54, 1.807) is 0 Å². The molecule has 0 aliphatic carbocycles. The van der Waals surface area contributed by atoms with Crippen LogP contribution in [0.5, 0.6) is 0 Å². The molecule has 0 saturated heterocycles. The van der Waals surface area contributed by atoms with E-state index in [4.69, 9.17) is 0 Å². The smallest absolute Gasteiger partial charge is 0.0718 e. The third-order valence-electron chi connectivity index (χ3n) is 10.9. The Morgan fingerprint density at radius 3 is 1.62 bits per heavy atom. The highest BCUT2D eigenvalue weighted by Crippen LogP contribution is 2.50. The van der Waals surface area contributed by atoms with Gasteiger partial charge in [-0.3, -0.25) is 0 Å². The summed E-state index contributed by atoms with van der Waals surface area (Å²) in [6, 6.07) is 73.4. The molecule has 0 radical (unpaired) electrons. The van der Waals surface area contributed by atoms with Gasteiger partial charge in [0.25, 0.3) is 0 Å². The molecule has 2 heterocycles. The van der Waals surface area contributed by atoms with Crippen LogP contribution in [0.2, 0.25) is 0 Å². The van der Waals surface area contributed by atoms with Crippen LogP contribution in [0.4, 0.5) is 17.1 Å². The van der Waals surface area contributed by atoms with Gasteiger partial charge in [0.15, 0.2) is 0 Å². The third-order valence-corrected chi connectivity index (χ3v) is 13.2. The molecule has 11 rings (SSSR count). The fourth-order valence-corrected chi connectivity index (χ4v) is 10.6. The lowest BCUT2D eigenvalue weighted by atomic mass is 9.97. The molecule has 0 unspecified atom stereocenters. The van der Waals surface area contributed by atoms with Gasteiger partial charge in [-0.1, -0.05) is 158 Å². The second-order valence-corrected chi connectivity index (χ2v) is 16.2. The number of nitrogens with zero attached hydrogens (tertiary/aromatic N) is 1. The van der Waals surface area contributed by atoms with Gasteiger partial charge in [0.1, 0.15) is 0 Å². The molecule has 9 aromatic carbocycles. The van der Waals surface area contributed by atoms with Crippen LogP contribution in [-0.4, -0.2) is 0 Å². The Hall–Kier alpha value is -6.52. The quantitative estimate of drug-likeness (QED) is 0.164. The summed E-state index contributed by atoms with van der Waals surface area (Å²) in [5, 5.41) is 7.74. The van der Waals surface area contributed by atoms with Gasteiger partial charge in [-0.15, -0.1) is 22.7 Å². The molecule has 1 nitrogen and oxygen atoms in total. The zero-order valence-electron chi connectivity index (χ0n) is 29.8. The van der Waals surface area contributed by atoms with E-state index in [1.165, 1.54) is 90.2 Å². The number of anilines is 3. The summed E-state index contributed by atoms with van der Waals surface area (Å²) in [5.41, 5.74) is 10.7. The lowest BCUT2D eigenvalue weighted by Gasteiger charge is -2.29. The predicted molar refractivity (Wildman–Crippen MR) is 241 cm³/mol. The summed E-state index contributed by atoms with van der Waals surface area (Å²) in [5.74, 6) is 0. The summed E-state index contributed by atoms with van der Waals surface area (Å²) in [6.07, 6.45) is 0. The van der Waals surface area contributed by atoms with Crippen molar-refractivity contribution >= 4 is 90.9 Å². The average molecular weight is 736 g/mol. The molecule has 0 N–H and O–H groups in total. The van der Waals surface area contributed by atoms with E-state index in [0.29, 0.717) is 0 Å². The van der Waals surface area contributed by atoms with Crippen LogP contribution < -0.4 is 4.90 Å². The Morgan fingerprint density at radius 2 is 0.855 bits per heavy atom. The molecule has 3 heteroatoms. The van der Waals surface area contributed by atoms with Crippen molar-refractivity contribution in [3.05, 3.63) is 200 Å². The van der Waals surface area contributed by atoms with Gasteiger partial charge in [-0.2, -0.15) is 0 Å². The van der Waals surface area contributed by atoms with Crippen LogP contribution in [0.25, 0.3) is 84.5 Å². The first-order chi connectivity index (χ1) is 27.3. The first kappa shape index (κ1) is 32.0. The van der Waals surface area contributed by atoms with E-state index in [0.717, 1.165) is 11.4 Å². The zero-order valence-corrected chi connectivity index (χ0v) is 31.4. The first-order valence-corrected chi connectivity index (χ1v) is 20.3. The van der Waals surface area contributed by atoms with Crippen molar-refractivity contribution in [3.8, 4) is 33.4 Å². The van der Waals surface area contributed by atoms with Gasteiger partial charge >= 0.3 is 0 Å². The SMILES string of the molecule is c1ccc(-c2ccc3c(sc4ccccc43)c2N(c2ccc(-c3ccc4c(c3)sc3ccccc34)cc2)c2ccc(-c3cccc4ccccc34)cc2)cc1. The van der Waals surface area contributed by atoms with Crippen molar-refractivity contribution in [1.29, 1.82) is 0 Å². The molecule has 0 aliphatic rings. The van der Waals surface area contributed by atoms with Gasteiger partial charge in [-0.25, -0.2) is 0 Å².